The number of amides is 1. The van der Waals surface area contributed by atoms with E-state index >= 15 is 0 Å². The van der Waals surface area contributed by atoms with Gasteiger partial charge in [0.05, 0.1) is 33.4 Å². The molecule has 1 heterocycles. The summed E-state index contributed by atoms with van der Waals surface area (Å²) in [5.74, 6) is 0.0409. The zero-order valence-corrected chi connectivity index (χ0v) is 21.9. The van der Waals surface area contributed by atoms with Crippen LogP contribution in [0.15, 0.2) is 52.5 Å². The maximum Gasteiger partial charge on any atom is 0.247 e. The average molecular weight is 534 g/mol. The molecule has 0 radical (unpaired) electrons. The first-order valence-corrected chi connectivity index (χ1v) is 12.5. The van der Waals surface area contributed by atoms with E-state index in [1.165, 1.54) is 11.1 Å². The van der Waals surface area contributed by atoms with Crippen molar-refractivity contribution in [1.29, 1.82) is 0 Å². The summed E-state index contributed by atoms with van der Waals surface area (Å²) in [6.07, 6.45) is 7.16. The van der Waals surface area contributed by atoms with Gasteiger partial charge in [0.15, 0.2) is 0 Å². The number of halogens is 2. The predicted octanol–water partition coefficient (Wildman–Crippen LogP) is 2.24. The Balaban J connectivity index is 0.00000306. The van der Waals surface area contributed by atoms with Gasteiger partial charge in [-0.15, -0.1) is 0 Å². The molecule has 0 atom stereocenters. The van der Waals surface area contributed by atoms with E-state index < -0.39 is 0 Å². The number of nitrogens with one attached hydrogen (secondary N) is 1. The summed E-state index contributed by atoms with van der Waals surface area (Å²) >= 11 is 3.54. The summed E-state index contributed by atoms with van der Waals surface area (Å²) in [5.41, 5.74) is 5.81. The molecular formula is C27H34BrClN2O2. The number of hydrogen-bond donors (Lipinski definition) is 1. The first kappa shape index (κ1) is 26.0. The van der Waals surface area contributed by atoms with E-state index in [-0.39, 0.29) is 18.3 Å². The van der Waals surface area contributed by atoms with Crippen LogP contribution in [0.1, 0.15) is 47.9 Å². The van der Waals surface area contributed by atoms with Crippen LogP contribution in [0.4, 0.5) is 0 Å². The molecule has 33 heavy (non-hydrogen) atoms. The van der Waals surface area contributed by atoms with Gasteiger partial charge in [-0.05, 0) is 54.2 Å². The van der Waals surface area contributed by atoms with Gasteiger partial charge in [-0.2, -0.15) is 0 Å². The molecule has 0 saturated carbocycles. The summed E-state index contributed by atoms with van der Waals surface area (Å²) in [6.45, 7) is 3.33. The minimum atomic E-state index is 0. The largest absolute Gasteiger partial charge is 1.00 e. The molecule has 2 aromatic rings. The molecule has 0 unspecified atom stereocenters. The lowest BCUT2D eigenvalue weighted by molar-refractivity contribution is -0.929. The number of carbonyl (C=O) groups excluding carboxylic acids is 1. The van der Waals surface area contributed by atoms with Crippen molar-refractivity contribution in [3.8, 4) is 0 Å². The Bertz CT molecular complexity index is 982. The molecule has 1 amide bonds. The second kappa shape index (κ2) is 11.7. The van der Waals surface area contributed by atoms with Crippen LogP contribution in [0.5, 0.6) is 0 Å². The van der Waals surface area contributed by atoms with E-state index in [1.54, 1.807) is 0 Å². The molecule has 1 N–H and O–H groups in total. The zero-order chi connectivity index (χ0) is 22.6. The first-order valence-electron chi connectivity index (χ1n) is 11.7. The van der Waals surface area contributed by atoms with Crippen molar-refractivity contribution in [1.82, 2.24) is 5.32 Å². The number of aryl methyl sites for hydroxylation is 1. The van der Waals surface area contributed by atoms with Crippen molar-refractivity contribution < 1.29 is 26.4 Å². The molecule has 1 aliphatic heterocycles. The molecule has 0 bridgehead atoms. The van der Waals surface area contributed by atoms with E-state index in [2.05, 4.69) is 83.9 Å². The molecule has 4 nitrogen and oxygen atoms in total. The molecule has 1 fully saturated rings. The highest BCUT2D eigenvalue weighted by Gasteiger charge is 2.30. The number of ether oxygens (including phenoxy) is 1. The van der Waals surface area contributed by atoms with Gasteiger partial charge in [0.1, 0.15) is 6.54 Å². The summed E-state index contributed by atoms with van der Waals surface area (Å²) in [7, 11) is 4.64. The summed E-state index contributed by atoms with van der Waals surface area (Å²) < 4.78 is 7.57. The number of benzene rings is 2. The number of hydrogen-bond acceptors (Lipinski definition) is 2. The minimum Gasteiger partial charge on any atom is -1.00 e. The van der Waals surface area contributed by atoms with Crippen molar-refractivity contribution >= 4 is 27.9 Å². The van der Waals surface area contributed by atoms with Crippen LogP contribution in [0.25, 0.3) is 6.08 Å². The van der Waals surface area contributed by atoms with E-state index in [0.29, 0.717) is 12.6 Å². The van der Waals surface area contributed by atoms with Crippen LogP contribution in [0.2, 0.25) is 0 Å². The van der Waals surface area contributed by atoms with Gasteiger partial charge >= 0.3 is 0 Å². The van der Waals surface area contributed by atoms with E-state index in [0.717, 1.165) is 77.5 Å². The Kier molecular flexibility index (Phi) is 9.17. The van der Waals surface area contributed by atoms with Crippen LogP contribution in [0.3, 0.4) is 0 Å². The van der Waals surface area contributed by atoms with Gasteiger partial charge < -0.3 is 26.9 Å². The highest BCUT2D eigenvalue weighted by Crippen LogP contribution is 2.26. The normalized spacial score (nSPS) is 16.8. The quantitative estimate of drug-likeness (QED) is 0.579. The topological polar surface area (TPSA) is 38.3 Å². The molecule has 178 valence electrons. The minimum absolute atomic E-state index is 0. The summed E-state index contributed by atoms with van der Waals surface area (Å²) in [4.78, 5) is 12.8. The van der Waals surface area contributed by atoms with Crippen molar-refractivity contribution in [3.63, 3.8) is 0 Å². The number of carbonyl (C=O) groups is 1. The molecular weight excluding hydrogens is 500 g/mol. The third-order valence-electron chi connectivity index (χ3n) is 6.87. The number of quaternary nitrogens is 1. The molecule has 6 heteroatoms. The van der Waals surface area contributed by atoms with Crippen molar-refractivity contribution in [2.24, 2.45) is 0 Å². The van der Waals surface area contributed by atoms with Gasteiger partial charge in [0.2, 0.25) is 5.91 Å². The fourth-order valence-corrected chi connectivity index (χ4v) is 5.26. The lowest BCUT2D eigenvalue weighted by Gasteiger charge is -2.40. The second-order valence-corrected chi connectivity index (χ2v) is 10.6. The molecule has 0 spiro atoms. The standard InChI is InChI=1S/C27H33BrN2O2.ClH/c1-30(2,26-12-14-32-15-13-26)19-21-8-6-20(7-9-21)18-29-27(31)23-5-3-4-22-10-11-25(28)17-24(22)16-23;/h6-11,16-17,26H,3-5,12-15,18-19H2,1-2H3;1H. The maximum absolute atomic E-state index is 12.8. The summed E-state index contributed by atoms with van der Waals surface area (Å²) in [5, 5.41) is 3.12. The van der Waals surface area contributed by atoms with Crippen molar-refractivity contribution in [3.05, 3.63) is 74.8 Å². The van der Waals surface area contributed by atoms with Crippen LogP contribution >= 0.6 is 15.9 Å². The fourth-order valence-electron chi connectivity index (χ4n) is 4.88. The Morgan fingerprint density at radius 1 is 1.06 bits per heavy atom. The van der Waals surface area contributed by atoms with Crippen molar-refractivity contribution in [2.75, 3.05) is 27.3 Å². The molecule has 1 saturated heterocycles. The SMILES string of the molecule is C[N+](C)(Cc1ccc(CNC(=O)C2=Cc3cc(Br)ccc3CCC2)cc1)C1CCOCC1.[Cl-]. The zero-order valence-electron chi connectivity index (χ0n) is 19.6. The lowest BCUT2D eigenvalue weighted by Crippen LogP contribution is -3.00. The van der Waals surface area contributed by atoms with Crippen LogP contribution in [0, 0.1) is 0 Å². The third kappa shape index (κ3) is 6.92. The Labute approximate surface area is 212 Å². The van der Waals surface area contributed by atoms with E-state index in [4.69, 9.17) is 4.74 Å². The first-order chi connectivity index (χ1) is 15.4. The van der Waals surface area contributed by atoms with Crippen molar-refractivity contribution in [2.45, 2.75) is 51.2 Å². The maximum atomic E-state index is 12.8. The second-order valence-electron chi connectivity index (χ2n) is 9.65. The Morgan fingerprint density at radius 3 is 2.48 bits per heavy atom. The highest BCUT2D eigenvalue weighted by atomic mass is 79.9. The van der Waals surface area contributed by atoms with Gasteiger partial charge in [0, 0.05) is 35.0 Å². The lowest BCUT2D eigenvalue weighted by atomic mass is 10.0. The monoisotopic (exact) mass is 532 g/mol. The number of rotatable bonds is 6. The average Bonchev–Trinajstić information content (AvgIpc) is 3.01. The predicted molar refractivity (Wildman–Crippen MR) is 133 cm³/mol. The van der Waals surface area contributed by atoms with Gasteiger partial charge in [-0.1, -0.05) is 46.3 Å². The van der Waals surface area contributed by atoms with Crippen LogP contribution in [-0.2, 0) is 29.0 Å². The number of fused-ring (bicyclic) bond motifs is 1. The van der Waals surface area contributed by atoms with Gasteiger partial charge in [-0.25, -0.2) is 0 Å². The Hall–Kier alpha value is -1.66. The molecule has 1 aliphatic carbocycles. The summed E-state index contributed by atoms with van der Waals surface area (Å²) in [6, 6.07) is 15.7. The molecule has 2 aromatic carbocycles. The molecule has 0 aromatic heterocycles. The van der Waals surface area contributed by atoms with Crippen LogP contribution < -0.4 is 17.7 Å². The van der Waals surface area contributed by atoms with Gasteiger partial charge in [0.25, 0.3) is 0 Å². The van der Waals surface area contributed by atoms with Crippen LogP contribution in [-0.4, -0.2) is 43.7 Å². The Morgan fingerprint density at radius 2 is 1.76 bits per heavy atom. The van der Waals surface area contributed by atoms with E-state index in [9.17, 15) is 4.79 Å². The van der Waals surface area contributed by atoms with Gasteiger partial charge in [-0.3, -0.25) is 4.79 Å². The fraction of sp³-hybridized carbons (Fsp3) is 0.444. The molecule has 4 rings (SSSR count). The van der Waals surface area contributed by atoms with E-state index in [1.807, 2.05) is 0 Å². The highest BCUT2D eigenvalue weighted by molar-refractivity contribution is 9.10. The third-order valence-corrected chi connectivity index (χ3v) is 7.36. The smallest absolute Gasteiger partial charge is 0.247 e. The number of nitrogens with zero attached hydrogens (tertiary/aromatic N) is 1. The molecule has 2 aliphatic rings.